The number of Topliss-reactive ketones (excluding diaryl/α,β-unsaturated/α-hetero) is 1. The van der Waals surface area contributed by atoms with Crippen LogP contribution < -0.4 is 18.9 Å². The average molecular weight is 536 g/mol. The Balaban J connectivity index is 1.71. The molecule has 1 heterocycles. The van der Waals surface area contributed by atoms with Crippen LogP contribution in [0.25, 0.3) is 0 Å². The van der Waals surface area contributed by atoms with Crippen LogP contribution in [0.1, 0.15) is 44.1 Å². The maximum atomic E-state index is 13.2. The van der Waals surface area contributed by atoms with E-state index in [1.165, 1.54) is 26.3 Å². The zero-order valence-electron chi connectivity index (χ0n) is 22.5. The van der Waals surface area contributed by atoms with Crippen LogP contribution in [0, 0.1) is 5.92 Å². The van der Waals surface area contributed by atoms with Gasteiger partial charge in [-0.25, -0.2) is 4.98 Å². The standard InChI is InChI=1S/C30H33NO8/c1-5-22(18-25(33)28-29(38-21(3)32)26(35-4)16-17-31-28)30(34)37-20(2)27(39-24-14-10-7-11-15-24)19-36-23-12-8-6-9-13-23/h6-17,20,22,27H,5,18-19H2,1-4H3/t20-,22+,27+/m0/s1. The Morgan fingerprint density at radius 2 is 1.56 bits per heavy atom. The quantitative estimate of drug-likeness (QED) is 0.206. The zero-order chi connectivity index (χ0) is 28.2. The first-order valence-electron chi connectivity index (χ1n) is 12.7. The van der Waals surface area contributed by atoms with E-state index in [1.54, 1.807) is 26.0 Å². The summed E-state index contributed by atoms with van der Waals surface area (Å²) in [5.41, 5.74) is -0.0922. The fraction of sp³-hybridized carbons (Fsp3) is 0.333. The van der Waals surface area contributed by atoms with Crippen LogP contribution in [0.4, 0.5) is 0 Å². The van der Waals surface area contributed by atoms with Crippen LogP contribution in [0.15, 0.2) is 72.9 Å². The number of methoxy groups -OCH3 is 1. The smallest absolute Gasteiger partial charge is 0.309 e. The molecule has 1 aromatic heterocycles. The van der Waals surface area contributed by atoms with Crippen molar-refractivity contribution >= 4 is 17.7 Å². The van der Waals surface area contributed by atoms with Gasteiger partial charge < -0.3 is 23.7 Å². The highest BCUT2D eigenvalue weighted by atomic mass is 16.6. The number of aromatic nitrogens is 1. The molecular weight excluding hydrogens is 502 g/mol. The molecule has 3 atom stereocenters. The molecule has 2 aromatic carbocycles. The minimum Gasteiger partial charge on any atom is -0.493 e. The van der Waals surface area contributed by atoms with Crippen molar-refractivity contribution in [3.05, 3.63) is 78.6 Å². The summed E-state index contributed by atoms with van der Waals surface area (Å²) in [5, 5.41) is 0. The molecule has 0 radical (unpaired) electrons. The van der Waals surface area contributed by atoms with Crippen molar-refractivity contribution in [2.75, 3.05) is 13.7 Å². The lowest BCUT2D eigenvalue weighted by Gasteiger charge is -2.26. The summed E-state index contributed by atoms with van der Waals surface area (Å²) in [5.74, 6) is -1.06. The molecule has 0 saturated carbocycles. The van der Waals surface area contributed by atoms with E-state index in [0.717, 1.165) is 0 Å². The molecule has 3 rings (SSSR count). The number of hydrogen-bond acceptors (Lipinski definition) is 9. The molecule has 0 aliphatic rings. The highest BCUT2D eigenvalue weighted by Crippen LogP contribution is 2.31. The Morgan fingerprint density at radius 3 is 2.15 bits per heavy atom. The van der Waals surface area contributed by atoms with E-state index in [1.807, 2.05) is 48.5 Å². The van der Waals surface area contributed by atoms with E-state index in [0.29, 0.717) is 17.9 Å². The molecule has 0 saturated heterocycles. The third-order valence-electron chi connectivity index (χ3n) is 5.87. The normalized spacial score (nSPS) is 12.9. The average Bonchev–Trinajstić information content (AvgIpc) is 2.94. The lowest BCUT2D eigenvalue weighted by Crippen LogP contribution is -2.39. The Bertz CT molecular complexity index is 1230. The van der Waals surface area contributed by atoms with Crippen LogP contribution in [-0.2, 0) is 14.3 Å². The molecule has 0 bridgehead atoms. The third kappa shape index (κ3) is 8.56. The number of para-hydroxylation sites is 2. The second-order valence-corrected chi connectivity index (χ2v) is 8.75. The summed E-state index contributed by atoms with van der Waals surface area (Å²) < 4.78 is 28.2. The van der Waals surface area contributed by atoms with Crippen molar-refractivity contribution < 1.29 is 38.1 Å². The number of hydrogen-bond donors (Lipinski definition) is 0. The molecule has 0 aliphatic carbocycles. The molecule has 0 aliphatic heterocycles. The molecule has 0 spiro atoms. The monoisotopic (exact) mass is 535 g/mol. The fourth-order valence-electron chi connectivity index (χ4n) is 3.74. The highest BCUT2D eigenvalue weighted by molar-refractivity contribution is 6.00. The van der Waals surface area contributed by atoms with E-state index in [4.69, 9.17) is 23.7 Å². The van der Waals surface area contributed by atoms with Crippen LogP contribution in [0.3, 0.4) is 0 Å². The van der Waals surface area contributed by atoms with Gasteiger partial charge in [0, 0.05) is 25.6 Å². The van der Waals surface area contributed by atoms with Gasteiger partial charge in [0.1, 0.15) is 24.2 Å². The lowest BCUT2D eigenvalue weighted by atomic mass is 9.97. The number of nitrogens with zero attached hydrogens (tertiary/aromatic N) is 1. The maximum absolute atomic E-state index is 13.2. The number of carbonyl (C=O) groups is 3. The molecule has 0 N–H and O–H groups in total. The van der Waals surface area contributed by atoms with Gasteiger partial charge in [-0.1, -0.05) is 43.3 Å². The topological polar surface area (TPSA) is 110 Å². The van der Waals surface area contributed by atoms with Gasteiger partial charge in [0.05, 0.1) is 13.0 Å². The van der Waals surface area contributed by atoms with Crippen molar-refractivity contribution in [2.45, 2.75) is 45.8 Å². The van der Waals surface area contributed by atoms with Crippen LogP contribution in [0.5, 0.6) is 23.0 Å². The van der Waals surface area contributed by atoms with Crippen molar-refractivity contribution in [3.8, 4) is 23.0 Å². The number of rotatable bonds is 14. The minimum absolute atomic E-state index is 0.0801. The Kier molecular flexibility index (Phi) is 10.9. The van der Waals surface area contributed by atoms with E-state index >= 15 is 0 Å². The molecule has 39 heavy (non-hydrogen) atoms. The van der Waals surface area contributed by atoms with Gasteiger partial charge in [0.2, 0.25) is 5.75 Å². The Labute approximate surface area is 228 Å². The van der Waals surface area contributed by atoms with Gasteiger partial charge in [-0.2, -0.15) is 0 Å². The van der Waals surface area contributed by atoms with Crippen molar-refractivity contribution in [1.82, 2.24) is 4.98 Å². The number of ether oxygens (including phenoxy) is 5. The molecular formula is C30H33NO8. The van der Waals surface area contributed by atoms with Gasteiger partial charge in [-0.15, -0.1) is 0 Å². The second kappa shape index (κ2) is 14.5. The molecule has 9 nitrogen and oxygen atoms in total. The Hall–Kier alpha value is -4.40. The van der Waals surface area contributed by atoms with Gasteiger partial charge in [-0.05, 0) is 37.6 Å². The SMILES string of the molecule is CC[C@H](CC(=O)c1nccc(OC)c1OC(C)=O)C(=O)O[C@@H](C)[C@@H](COc1ccccc1)Oc1ccccc1. The molecule has 0 fully saturated rings. The van der Waals surface area contributed by atoms with Crippen molar-refractivity contribution in [1.29, 1.82) is 0 Å². The van der Waals surface area contributed by atoms with Gasteiger partial charge in [0.15, 0.2) is 23.3 Å². The molecule has 3 aromatic rings. The van der Waals surface area contributed by atoms with E-state index in [9.17, 15) is 14.4 Å². The minimum atomic E-state index is -0.759. The number of benzene rings is 2. The number of esters is 2. The van der Waals surface area contributed by atoms with Crippen molar-refractivity contribution in [3.63, 3.8) is 0 Å². The van der Waals surface area contributed by atoms with E-state index in [2.05, 4.69) is 4.98 Å². The fourth-order valence-corrected chi connectivity index (χ4v) is 3.74. The summed E-state index contributed by atoms with van der Waals surface area (Å²) in [4.78, 5) is 42.0. The Morgan fingerprint density at radius 1 is 0.923 bits per heavy atom. The first-order chi connectivity index (χ1) is 18.8. The predicted octanol–water partition coefficient (Wildman–Crippen LogP) is 5.07. The largest absolute Gasteiger partial charge is 0.493 e. The summed E-state index contributed by atoms with van der Waals surface area (Å²) >= 11 is 0. The number of ketones is 1. The third-order valence-corrected chi connectivity index (χ3v) is 5.87. The lowest BCUT2D eigenvalue weighted by molar-refractivity contribution is -0.158. The van der Waals surface area contributed by atoms with E-state index < -0.39 is 35.8 Å². The van der Waals surface area contributed by atoms with Gasteiger partial charge in [-0.3, -0.25) is 14.4 Å². The first kappa shape index (κ1) is 29.2. The zero-order valence-corrected chi connectivity index (χ0v) is 22.5. The molecule has 206 valence electrons. The van der Waals surface area contributed by atoms with Crippen LogP contribution >= 0.6 is 0 Å². The highest BCUT2D eigenvalue weighted by Gasteiger charge is 2.30. The summed E-state index contributed by atoms with van der Waals surface area (Å²) in [7, 11) is 1.39. The van der Waals surface area contributed by atoms with Crippen molar-refractivity contribution in [2.24, 2.45) is 5.92 Å². The molecule has 0 unspecified atom stereocenters. The summed E-state index contributed by atoms with van der Waals surface area (Å²) in [6.07, 6.45) is 0.201. The van der Waals surface area contributed by atoms with Gasteiger partial charge in [0.25, 0.3) is 0 Å². The molecule has 9 heteroatoms. The summed E-state index contributed by atoms with van der Waals surface area (Å²) in [6.45, 7) is 4.84. The number of carbonyl (C=O) groups excluding carboxylic acids is 3. The predicted molar refractivity (Wildman–Crippen MR) is 143 cm³/mol. The van der Waals surface area contributed by atoms with E-state index in [-0.39, 0.29) is 30.2 Å². The number of pyridine rings is 1. The second-order valence-electron chi connectivity index (χ2n) is 8.75. The first-order valence-corrected chi connectivity index (χ1v) is 12.7. The van der Waals surface area contributed by atoms with Crippen LogP contribution in [0.2, 0.25) is 0 Å². The van der Waals surface area contributed by atoms with Crippen LogP contribution in [-0.4, -0.2) is 48.6 Å². The maximum Gasteiger partial charge on any atom is 0.309 e. The molecule has 0 amide bonds. The van der Waals surface area contributed by atoms with Gasteiger partial charge >= 0.3 is 11.9 Å². The summed E-state index contributed by atoms with van der Waals surface area (Å²) in [6, 6.07) is 19.9.